The zero-order chi connectivity index (χ0) is 16.7. The molecule has 0 aliphatic carbocycles. The SMILES string of the molecule is CC(=O)N[C@H]1CCN(CCCC(=O)Nc2ccc(C#N)cc2)C1. The van der Waals surface area contributed by atoms with Gasteiger partial charge in [-0.3, -0.25) is 9.59 Å². The second kappa shape index (κ2) is 8.30. The van der Waals surface area contributed by atoms with Gasteiger partial charge in [-0.1, -0.05) is 0 Å². The third-order valence-corrected chi connectivity index (χ3v) is 3.86. The molecule has 2 rings (SSSR count). The van der Waals surface area contributed by atoms with E-state index in [1.54, 1.807) is 24.3 Å². The summed E-state index contributed by atoms with van der Waals surface area (Å²) >= 11 is 0. The van der Waals surface area contributed by atoms with Crippen molar-refractivity contribution in [2.24, 2.45) is 0 Å². The number of benzene rings is 1. The molecule has 1 saturated heterocycles. The molecule has 1 aliphatic rings. The van der Waals surface area contributed by atoms with Crippen molar-refractivity contribution in [3.8, 4) is 6.07 Å². The van der Waals surface area contributed by atoms with E-state index in [1.165, 1.54) is 6.92 Å². The third kappa shape index (κ3) is 5.72. The number of nitrogens with zero attached hydrogens (tertiary/aromatic N) is 2. The molecule has 1 aromatic rings. The van der Waals surface area contributed by atoms with Gasteiger partial charge in [0.2, 0.25) is 11.8 Å². The smallest absolute Gasteiger partial charge is 0.224 e. The van der Waals surface area contributed by atoms with Gasteiger partial charge in [0.25, 0.3) is 0 Å². The van der Waals surface area contributed by atoms with Crippen molar-refractivity contribution in [2.75, 3.05) is 25.0 Å². The summed E-state index contributed by atoms with van der Waals surface area (Å²) in [6.07, 6.45) is 2.22. The molecule has 1 heterocycles. The highest BCUT2D eigenvalue weighted by atomic mass is 16.2. The van der Waals surface area contributed by atoms with Crippen molar-refractivity contribution in [3.63, 3.8) is 0 Å². The van der Waals surface area contributed by atoms with Gasteiger partial charge in [-0.15, -0.1) is 0 Å². The van der Waals surface area contributed by atoms with Gasteiger partial charge in [0, 0.05) is 38.2 Å². The van der Waals surface area contributed by atoms with E-state index in [4.69, 9.17) is 5.26 Å². The highest BCUT2D eigenvalue weighted by Gasteiger charge is 2.22. The Balaban J connectivity index is 1.65. The molecule has 122 valence electrons. The summed E-state index contributed by atoms with van der Waals surface area (Å²) in [5.41, 5.74) is 1.28. The lowest BCUT2D eigenvalue weighted by molar-refractivity contribution is -0.119. The average Bonchev–Trinajstić information content (AvgIpc) is 2.94. The number of likely N-dealkylation sites (tertiary alicyclic amines) is 1. The van der Waals surface area contributed by atoms with Crippen LogP contribution in [0.3, 0.4) is 0 Å². The number of nitriles is 1. The summed E-state index contributed by atoms with van der Waals surface area (Å²) in [4.78, 5) is 25.2. The van der Waals surface area contributed by atoms with E-state index in [0.717, 1.165) is 32.5 Å². The fraction of sp³-hybridized carbons (Fsp3) is 0.471. The molecule has 2 amide bonds. The molecule has 0 radical (unpaired) electrons. The van der Waals surface area contributed by atoms with Crippen LogP contribution in [0.1, 0.15) is 31.7 Å². The largest absolute Gasteiger partial charge is 0.352 e. The maximum absolute atomic E-state index is 11.9. The van der Waals surface area contributed by atoms with Crippen LogP contribution in [0, 0.1) is 11.3 Å². The van der Waals surface area contributed by atoms with Crippen LogP contribution in [0.5, 0.6) is 0 Å². The van der Waals surface area contributed by atoms with Crippen LogP contribution in [0.2, 0.25) is 0 Å². The number of rotatable bonds is 6. The standard InChI is InChI=1S/C17H22N4O2/c1-13(22)19-16-8-10-21(12-16)9-2-3-17(23)20-15-6-4-14(11-18)5-7-15/h4-7,16H,2-3,8-10,12H2,1H3,(H,19,22)(H,20,23)/t16-/m0/s1. The molecule has 0 spiro atoms. The fourth-order valence-corrected chi connectivity index (χ4v) is 2.76. The molecule has 0 aromatic heterocycles. The lowest BCUT2D eigenvalue weighted by atomic mass is 10.2. The zero-order valence-electron chi connectivity index (χ0n) is 13.3. The normalized spacial score (nSPS) is 17.5. The van der Waals surface area contributed by atoms with Gasteiger partial charge >= 0.3 is 0 Å². The first kappa shape index (κ1) is 17.0. The van der Waals surface area contributed by atoms with Gasteiger partial charge in [-0.05, 0) is 43.7 Å². The maximum atomic E-state index is 11.9. The number of carbonyl (C=O) groups excluding carboxylic acids is 2. The van der Waals surface area contributed by atoms with E-state index >= 15 is 0 Å². The number of hydrogen-bond donors (Lipinski definition) is 2. The van der Waals surface area contributed by atoms with Crippen LogP contribution >= 0.6 is 0 Å². The molecule has 6 nitrogen and oxygen atoms in total. The van der Waals surface area contributed by atoms with Crippen molar-refractivity contribution in [2.45, 2.75) is 32.2 Å². The van der Waals surface area contributed by atoms with Crippen molar-refractivity contribution in [1.82, 2.24) is 10.2 Å². The molecular formula is C17H22N4O2. The van der Waals surface area contributed by atoms with Gasteiger partial charge in [0.05, 0.1) is 11.6 Å². The molecule has 0 unspecified atom stereocenters. The number of amides is 2. The first-order valence-corrected chi connectivity index (χ1v) is 7.86. The predicted molar refractivity (Wildman–Crippen MR) is 87.7 cm³/mol. The Morgan fingerprint density at radius 2 is 2.09 bits per heavy atom. The topological polar surface area (TPSA) is 85.2 Å². The Hall–Kier alpha value is -2.39. The molecule has 1 aliphatic heterocycles. The van der Waals surface area contributed by atoms with E-state index in [9.17, 15) is 9.59 Å². The Bertz CT molecular complexity index is 592. The summed E-state index contributed by atoms with van der Waals surface area (Å²) in [6.45, 7) is 4.21. The van der Waals surface area contributed by atoms with Crippen molar-refractivity contribution < 1.29 is 9.59 Å². The molecular weight excluding hydrogens is 292 g/mol. The molecule has 6 heteroatoms. The van der Waals surface area contributed by atoms with Gasteiger partial charge in [-0.25, -0.2) is 0 Å². The van der Waals surface area contributed by atoms with Crippen LogP contribution in [0.25, 0.3) is 0 Å². The van der Waals surface area contributed by atoms with E-state index < -0.39 is 0 Å². The van der Waals surface area contributed by atoms with Gasteiger partial charge in [-0.2, -0.15) is 5.26 Å². The first-order valence-electron chi connectivity index (χ1n) is 7.86. The number of hydrogen-bond acceptors (Lipinski definition) is 4. The second-order valence-electron chi connectivity index (χ2n) is 5.83. The van der Waals surface area contributed by atoms with Gasteiger partial charge in [0.15, 0.2) is 0 Å². The third-order valence-electron chi connectivity index (χ3n) is 3.86. The predicted octanol–water partition coefficient (Wildman–Crippen LogP) is 1.49. The Morgan fingerprint density at radius 3 is 2.74 bits per heavy atom. The molecule has 1 aromatic carbocycles. The lowest BCUT2D eigenvalue weighted by Gasteiger charge is -2.16. The van der Waals surface area contributed by atoms with Crippen LogP contribution in [-0.4, -0.2) is 42.4 Å². The van der Waals surface area contributed by atoms with Crippen molar-refractivity contribution >= 4 is 17.5 Å². The summed E-state index contributed by atoms with van der Waals surface area (Å²) in [7, 11) is 0. The lowest BCUT2D eigenvalue weighted by Crippen LogP contribution is -2.35. The number of anilines is 1. The molecule has 0 saturated carbocycles. The van der Waals surface area contributed by atoms with Crippen LogP contribution in [0.15, 0.2) is 24.3 Å². The summed E-state index contributed by atoms with van der Waals surface area (Å²) < 4.78 is 0. The minimum absolute atomic E-state index is 0.0126. The monoisotopic (exact) mass is 314 g/mol. The summed E-state index contributed by atoms with van der Waals surface area (Å²) in [6, 6.07) is 9.11. The molecule has 1 atom stereocenters. The summed E-state index contributed by atoms with van der Waals surface area (Å²) in [5, 5.41) is 14.5. The average molecular weight is 314 g/mol. The Labute approximate surface area is 136 Å². The quantitative estimate of drug-likeness (QED) is 0.833. The summed E-state index contributed by atoms with van der Waals surface area (Å²) in [5.74, 6) is -0.00837. The van der Waals surface area contributed by atoms with Crippen LogP contribution in [0.4, 0.5) is 5.69 Å². The van der Waals surface area contributed by atoms with E-state index in [2.05, 4.69) is 15.5 Å². The Kier molecular flexibility index (Phi) is 6.12. The van der Waals surface area contributed by atoms with Gasteiger partial charge in [0.1, 0.15) is 0 Å². The van der Waals surface area contributed by atoms with E-state index in [-0.39, 0.29) is 17.9 Å². The molecule has 2 N–H and O–H groups in total. The van der Waals surface area contributed by atoms with Crippen molar-refractivity contribution in [3.05, 3.63) is 29.8 Å². The minimum Gasteiger partial charge on any atom is -0.352 e. The fourth-order valence-electron chi connectivity index (χ4n) is 2.76. The highest BCUT2D eigenvalue weighted by Crippen LogP contribution is 2.12. The highest BCUT2D eigenvalue weighted by molar-refractivity contribution is 5.90. The molecule has 0 bridgehead atoms. The zero-order valence-corrected chi connectivity index (χ0v) is 13.3. The second-order valence-corrected chi connectivity index (χ2v) is 5.83. The van der Waals surface area contributed by atoms with Crippen molar-refractivity contribution in [1.29, 1.82) is 5.26 Å². The van der Waals surface area contributed by atoms with E-state index in [1.807, 2.05) is 6.07 Å². The van der Waals surface area contributed by atoms with E-state index in [0.29, 0.717) is 17.7 Å². The van der Waals surface area contributed by atoms with Crippen LogP contribution < -0.4 is 10.6 Å². The molecule has 1 fully saturated rings. The number of carbonyl (C=O) groups is 2. The van der Waals surface area contributed by atoms with Gasteiger partial charge < -0.3 is 15.5 Å². The first-order chi connectivity index (χ1) is 11.1. The maximum Gasteiger partial charge on any atom is 0.224 e. The number of nitrogens with one attached hydrogen (secondary N) is 2. The van der Waals surface area contributed by atoms with Crippen LogP contribution in [-0.2, 0) is 9.59 Å². The Morgan fingerprint density at radius 1 is 1.35 bits per heavy atom. The molecule has 23 heavy (non-hydrogen) atoms. The minimum atomic E-state index is -0.0210.